The molecule has 1 heterocycles. The summed E-state index contributed by atoms with van der Waals surface area (Å²) in [5.74, 6) is 0.425. The molecule has 0 bridgehead atoms. The first-order valence-corrected chi connectivity index (χ1v) is 5.72. The van der Waals surface area contributed by atoms with E-state index in [-0.39, 0.29) is 0 Å². The van der Waals surface area contributed by atoms with Crippen LogP contribution in [0.2, 0.25) is 5.02 Å². The van der Waals surface area contributed by atoms with Crippen molar-refractivity contribution in [2.24, 2.45) is 0 Å². The van der Waals surface area contributed by atoms with E-state index in [9.17, 15) is 0 Å². The number of benzene rings is 1. The summed E-state index contributed by atoms with van der Waals surface area (Å²) in [6.45, 7) is 0.380. The van der Waals surface area contributed by atoms with Crippen LogP contribution in [0.3, 0.4) is 0 Å². The highest BCUT2D eigenvalue weighted by molar-refractivity contribution is 6.58. The fourth-order valence-electron chi connectivity index (χ4n) is 1.37. The summed E-state index contributed by atoms with van der Waals surface area (Å²) >= 11 is 5.78. The number of nitrogens with zero attached hydrogens (tertiary/aromatic N) is 1. The lowest BCUT2D eigenvalue weighted by atomic mass is 9.82. The van der Waals surface area contributed by atoms with E-state index in [4.69, 9.17) is 26.4 Å². The lowest BCUT2D eigenvalue weighted by Gasteiger charge is -2.06. The van der Waals surface area contributed by atoms with E-state index in [1.807, 2.05) is 12.1 Å². The third-order valence-electron chi connectivity index (χ3n) is 2.36. The van der Waals surface area contributed by atoms with Crippen LogP contribution < -0.4 is 10.2 Å². The molecule has 0 radical (unpaired) electrons. The van der Waals surface area contributed by atoms with Gasteiger partial charge in [0.05, 0.1) is 0 Å². The van der Waals surface area contributed by atoms with Gasteiger partial charge < -0.3 is 14.8 Å². The molecule has 0 aliphatic carbocycles. The van der Waals surface area contributed by atoms with E-state index in [0.717, 1.165) is 5.56 Å². The van der Waals surface area contributed by atoms with Crippen LogP contribution in [-0.2, 0) is 6.61 Å². The normalized spacial score (nSPS) is 10.2. The Balaban J connectivity index is 1.95. The smallest absolute Gasteiger partial charge is 0.473 e. The zero-order valence-electron chi connectivity index (χ0n) is 9.45. The Morgan fingerprint density at radius 3 is 2.39 bits per heavy atom. The van der Waals surface area contributed by atoms with Crippen LogP contribution in [0.15, 0.2) is 42.6 Å². The number of hydrogen-bond donors (Lipinski definition) is 2. The molecule has 0 amide bonds. The van der Waals surface area contributed by atoms with Crippen molar-refractivity contribution in [2.75, 3.05) is 0 Å². The molecule has 92 valence electrons. The molecule has 0 atom stereocenters. The maximum Gasteiger partial charge on any atom is 0.490 e. The molecule has 6 heteroatoms. The highest BCUT2D eigenvalue weighted by Crippen LogP contribution is 2.12. The number of pyridine rings is 1. The Labute approximate surface area is 110 Å². The molecule has 0 fully saturated rings. The van der Waals surface area contributed by atoms with Crippen LogP contribution in [0.5, 0.6) is 5.88 Å². The number of halogens is 1. The second kappa shape index (κ2) is 5.86. The second-order valence-electron chi connectivity index (χ2n) is 3.72. The molecule has 2 rings (SSSR count). The summed E-state index contributed by atoms with van der Waals surface area (Å²) in [6, 6.07) is 10.5. The number of rotatable bonds is 4. The summed E-state index contributed by atoms with van der Waals surface area (Å²) in [5.41, 5.74) is 1.31. The molecule has 0 spiro atoms. The Bertz CT molecular complexity index is 502. The Morgan fingerprint density at radius 2 is 1.83 bits per heavy atom. The fraction of sp³-hybridized carbons (Fsp3) is 0.0833. The van der Waals surface area contributed by atoms with Gasteiger partial charge in [-0.3, -0.25) is 0 Å². The minimum Gasteiger partial charge on any atom is -0.473 e. The van der Waals surface area contributed by atoms with Crippen LogP contribution in [0.1, 0.15) is 5.56 Å². The highest BCUT2D eigenvalue weighted by atomic mass is 35.5. The van der Waals surface area contributed by atoms with E-state index in [1.165, 1.54) is 6.20 Å². The lowest BCUT2D eigenvalue weighted by Crippen LogP contribution is -2.29. The average Bonchev–Trinajstić information content (AvgIpc) is 2.38. The zero-order chi connectivity index (χ0) is 13.0. The Kier molecular flexibility index (Phi) is 4.20. The van der Waals surface area contributed by atoms with Gasteiger partial charge in [-0.2, -0.15) is 0 Å². The molecule has 1 aromatic carbocycles. The summed E-state index contributed by atoms with van der Waals surface area (Å²) in [4.78, 5) is 3.96. The average molecular weight is 263 g/mol. The molecule has 2 aromatic rings. The van der Waals surface area contributed by atoms with Gasteiger partial charge in [0.1, 0.15) is 6.61 Å². The number of aromatic nitrogens is 1. The number of hydrogen-bond acceptors (Lipinski definition) is 4. The van der Waals surface area contributed by atoms with Crippen LogP contribution in [0.4, 0.5) is 0 Å². The van der Waals surface area contributed by atoms with Gasteiger partial charge in [-0.25, -0.2) is 4.98 Å². The molecule has 0 unspecified atom stereocenters. The first kappa shape index (κ1) is 12.9. The molecule has 4 nitrogen and oxygen atoms in total. The van der Waals surface area contributed by atoms with Crippen molar-refractivity contribution in [3.63, 3.8) is 0 Å². The first-order valence-electron chi connectivity index (χ1n) is 5.34. The third-order valence-corrected chi connectivity index (χ3v) is 2.61. The topological polar surface area (TPSA) is 62.6 Å². The highest BCUT2D eigenvalue weighted by Gasteiger charge is 2.10. The van der Waals surface area contributed by atoms with Crippen LogP contribution >= 0.6 is 11.6 Å². The summed E-state index contributed by atoms with van der Waals surface area (Å²) in [5, 5.41) is 18.5. The van der Waals surface area contributed by atoms with Crippen LogP contribution in [0, 0.1) is 0 Å². The van der Waals surface area contributed by atoms with Crippen molar-refractivity contribution in [1.82, 2.24) is 4.98 Å². The largest absolute Gasteiger partial charge is 0.490 e. The Morgan fingerprint density at radius 1 is 1.11 bits per heavy atom. The molecule has 1 aromatic heterocycles. The Hall–Kier alpha value is -1.56. The van der Waals surface area contributed by atoms with Crippen LogP contribution in [-0.4, -0.2) is 22.2 Å². The minimum absolute atomic E-state index is 0.328. The molecule has 0 aliphatic rings. The van der Waals surface area contributed by atoms with Gasteiger partial charge in [0, 0.05) is 16.7 Å². The monoisotopic (exact) mass is 263 g/mol. The van der Waals surface area contributed by atoms with E-state index in [2.05, 4.69) is 4.98 Å². The number of ether oxygens (including phenoxy) is 1. The quantitative estimate of drug-likeness (QED) is 0.808. The van der Waals surface area contributed by atoms with Gasteiger partial charge in [0.2, 0.25) is 5.88 Å². The summed E-state index contributed by atoms with van der Waals surface area (Å²) in [6.07, 6.45) is 1.36. The predicted molar refractivity (Wildman–Crippen MR) is 69.8 cm³/mol. The summed E-state index contributed by atoms with van der Waals surface area (Å²) < 4.78 is 5.45. The van der Waals surface area contributed by atoms with Crippen molar-refractivity contribution in [2.45, 2.75) is 6.61 Å². The molecular weight excluding hydrogens is 252 g/mol. The predicted octanol–water partition coefficient (Wildman–Crippen LogP) is 0.994. The van der Waals surface area contributed by atoms with E-state index < -0.39 is 7.12 Å². The van der Waals surface area contributed by atoms with Crippen molar-refractivity contribution in [3.8, 4) is 5.88 Å². The molecule has 0 saturated heterocycles. The van der Waals surface area contributed by atoms with Crippen molar-refractivity contribution in [1.29, 1.82) is 0 Å². The molecule has 0 aliphatic heterocycles. The SMILES string of the molecule is OB(O)c1ccc(OCc2ccc(Cl)cc2)nc1. The van der Waals surface area contributed by atoms with Gasteiger partial charge in [0.25, 0.3) is 0 Å². The van der Waals surface area contributed by atoms with Crippen molar-refractivity contribution >= 4 is 24.2 Å². The van der Waals surface area contributed by atoms with Crippen molar-refractivity contribution < 1.29 is 14.8 Å². The van der Waals surface area contributed by atoms with Gasteiger partial charge in [-0.05, 0) is 23.8 Å². The van der Waals surface area contributed by atoms with E-state index >= 15 is 0 Å². The van der Waals surface area contributed by atoms with Gasteiger partial charge >= 0.3 is 7.12 Å². The van der Waals surface area contributed by atoms with Gasteiger partial charge in [-0.1, -0.05) is 29.8 Å². The van der Waals surface area contributed by atoms with Gasteiger partial charge in [0.15, 0.2) is 0 Å². The lowest BCUT2D eigenvalue weighted by molar-refractivity contribution is 0.294. The minimum atomic E-state index is -1.51. The molecule has 18 heavy (non-hydrogen) atoms. The van der Waals surface area contributed by atoms with Crippen LogP contribution in [0.25, 0.3) is 0 Å². The summed E-state index contributed by atoms with van der Waals surface area (Å²) in [7, 11) is -1.51. The van der Waals surface area contributed by atoms with E-state index in [0.29, 0.717) is 23.0 Å². The maximum atomic E-state index is 8.91. The zero-order valence-corrected chi connectivity index (χ0v) is 10.2. The standard InChI is InChI=1S/C12H11BClNO3/c14-11-4-1-9(2-5-11)8-18-12-6-3-10(7-15-12)13(16)17/h1-7,16-17H,8H2. The third kappa shape index (κ3) is 3.47. The second-order valence-corrected chi connectivity index (χ2v) is 4.16. The van der Waals surface area contributed by atoms with E-state index in [1.54, 1.807) is 24.3 Å². The fourth-order valence-corrected chi connectivity index (χ4v) is 1.49. The molecule has 0 saturated carbocycles. The van der Waals surface area contributed by atoms with Gasteiger partial charge in [-0.15, -0.1) is 0 Å². The first-order chi connectivity index (χ1) is 8.65. The van der Waals surface area contributed by atoms with Crippen molar-refractivity contribution in [3.05, 3.63) is 53.2 Å². The molecule has 2 N–H and O–H groups in total. The maximum absolute atomic E-state index is 8.91. The molecular formula is C12H11BClNO3.